The van der Waals surface area contributed by atoms with E-state index in [0.717, 1.165) is 10.9 Å². The number of hydrogen-bond donors (Lipinski definition) is 2. The van der Waals surface area contributed by atoms with Gasteiger partial charge in [-0.3, -0.25) is 9.59 Å². The molecule has 0 atom stereocenters. The number of carbonyl (C=O) groups is 1. The van der Waals surface area contributed by atoms with Gasteiger partial charge in [-0.1, -0.05) is 18.2 Å². The Morgan fingerprint density at radius 2 is 1.96 bits per heavy atom. The summed E-state index contributed by atoms with van der Waals surface area (Å²) < 4.78 is 39.7. The largest absolute Gasteiger partial charge is 0.417 e. The number of para-hydroxylation sites is 1. The van der Waals surface area contributed by atoms with E-state index in [1.165, 1.54) is 0 Å². The molecule has 0 fully saturated rings. The number of nitrogens with zero attached hydrogens (tertiary/aromatic N) is 1. The van der Waals surface area contributed by atoms with Crippen LogP contribution in [0.5, 0.6) is 0 Å². The second-order valence-corrected chi connectivity index (χ2v) is 5.18. The molecule has 2 aromatic heterocycles. The van der Waals surface area contributed by atoms with Crippen LogP contribution in [0, 0.1) is 0 Å². The molecule has 3 rings (SSSR count). The van der Waals surface area contributed by atoms with Gasteiger partial charge in [-0.05, 0) is 23.6 Å². The Morgan fingerprint density at radius 1 is 1.21 bits per heavy atom. The van der Waals surface area contributed by atoms with Crippen LogP contribution >= 0.6 is 0 Å². The van der Waals surface area contributed by atoms with E-state index in [9.17, 15) is 22.8 Å². The smallest absolute Gasteiger partial charge is 0.338 e. The van der Waals surface area contributed by atoms with Gasteiger partial charge in [-0.2, -0.15) is 13.2 Å². The summed E-state index contributed by atoms with van der Waals surface area (Å²) in [6.07, 6.45) is -2.35. The molecule has 0 saturated carbocycles. The summed E-state index contributed by atoms with van der Waals surface area (Å²) in [6.45, 7) is -0.122. The van der Waals surface area contributed by atoms with E-state index in [-0.39, 0.29) is 6.54 Å². The van der Waals surface area contributed by atoms with Crippen LogP contribution in [0.25, 0.3) is 10.9 Å². The van der Waals surface area contributed by atoms with Gasteiger partial charge in [0.15, 0.2) is 0 Å². The number of alkyl halides is 3. The molecule has 0 aliphatic rings. The summed E-state index contributed by atoms with van der Waals surface area (Å²) in [6, 6.07) is 9.80. The van der Waals surface area contributed by atoms with Gasteiger partial charge in [-0.15, -0.1) is 0 Å². The summed E-state index contributed by atoms with van der Waals surface area (Å²) in [5, 5.41) is 3.15. The van der Waals surface area contributed by atoms with Crippen LogP contribution < -0.4 is 10.9 Å². The van der Waals surface area contributed by atoms with E-state index in [0.29, 0.717) is 12.3 Å². The molecule has 0 unspecified atom stereocenters. The molecule has 8 heteroatoms. The standard InChI is InChI=1S/C16H12F3N3O2/c17-16(18,19)11-7-12(15(24)20-8-11)21-14(23)9-22-6-5-10-3-1-2-4-13(10)22/h1-8H,9H2,(H,20,24)(H,21,23). The van der Waals surface area contributed by atoms with Gasteiger partial charge in [-0.25, -0.2) is 0 Å². The maximum atomic E-state index is 12.7. The molecule has 24 heavy (non-hydrogen) atoms. The highest BCUT2D eigenvalue weighted by atomic mass is 19.4. The number of pyridine rings is 1. The fourth-order valence-corrected chi connectivity index (χ4v) is 2.36. The molecule has 0 aliphatic heterocycles. The summed E-state index contributed by atoms with van der Waals surface area (Å²) >= 11 is 0. The summed E-state index contributed by atoms with van der Waals surface area (Å²) in [5.74, 6) is -0.596. The van der Waals surface area contributed by atoms with Gasteiger partial charge >= 0.3 is 6.18 Å². The van der Waals surface area contributed by atoms with Crippen molar-refractivity contribution in [2.75, 3.05) is 5.32 Å². The van der Waals surface area contributed by atoms with Crippen molar-refractivity contribution in [1.82, 2.24) is 9.55 Å². The Kier molecular flexibility index (Phi) is 3.88. The SMILES string of the molecule is O=C(Cn1ccc2ccccc21)Nc1cc(C(F)(F)F)c[nH]c1=O. The van der Waals surface area contributed by atoms with Gasteiger partial charge in [0.2, 0.25) is 5.91 Å². The minimum absolute atomic E-state index is 0.122. The van der Waals surface area contributed by atoms with Crippen LogP contribution in [0.1, 0.15) is 5.56 Å². The molecule has 0 aliphatic carbocycles. The van der Waals surface area contributed by atoms with Gasteiger partial charge in [0.1, 0.15) is 12.2 Å². The Bertz CT molecular complexity index is 957. The van der Waals surface area contributed by atoms with Crippen LogP contribution in [0.4, 0.5) is 18.9 Å². The molecular weight excluding hydrogens is 323 g/mol. The highest BCUT2D eigenvalue weighted by molar-refractivity contribution is 5.92. The molecule has 5 nitrogen and oxygen atoms in total. The third kappa shape index (κ3) is 3.17. The van der Waals surface area contributed by atoms with Crippen LogP contribution in [0.2, 0.25) is 0 Å². The zero-order valence-electron chi connectivity index (χ0n) is 12.2. The molecule has 1 aromatic carbocycles. The highest BCUT2D eigenvalue weighted by Crippen LogP contribution is 2.29. The van der Waals surface area contributed by atoms with Crippen molar-refractivity contribution in [3.8, 4) is 0 Å². The molecule has 0 spiro atoms. The molecular formula is C16H12F3N3O2. The Hall–Kier alpha value is -3.03. The minimum atomic E-state index is -4.61. The molecule has 124 valence electrons. The maximum Gasteiger partial charge on any atom is 0.417 e. The molecule has 2 heterocycles. The van der Waals surface area contributed by atoms with Crippen LogP contribution in [0.3, 0.4) is 0 Å². The number of nitrogens with one attached hydrogen (secondary N) is 2. The molecule has 1 amide bonds. The normalized spacial score (nSPS) is 11.6. The lowest BCUT2D eigenvalue weighted by molar-refractivity contribution is -0.137. The van der Waals surface area contributed by atoms with E-state index >= 15 is 0 Å². The van der Waals surface area contributed by atoms with Crippen molar-refractivity contribution in [3.05, 3.63) is 64.7 Å². The maximum absolute atomic E-state index is 12.7. The topological polar surface area (TPSA) is 66.9 Å². The predicted molar refractivity (Wildman–Crippen MR) is 82.6 cm³/mol. The molecule has 0 saturated heterocycles. The average molecular weight is 335 g/mol. The molecule has 3 aromatic rings. The summed E-state index contributed by atoms with van der Waals surface area (Å²) in [4.78, 5) is 25.6. The van der Waals surface area contributed by atoms with Crippen molar-refractivity contribution in [3.63, 3.8) is 0 Å². The Balaban J connectivity index is 1.81. The number of amides is 1. The van der Waals surface area contributed by atoms with E-state index in [4.69, 9.17) is 0 Å². The first-order valence-electron chi connectivity index (χ1n) is 6.98. The zero-order chi connectivity index (χ0) is 17.3. The van der Waals surface area contributed by atoms with E-state index < -0.39 is 28.9 Å². The number of hydrogen-bond acceptors (Lipinski definition) is 2. The first-order chi connectivity index (χ1) is 11.3. The first-order valence-corrected chi connectivity index (χ1v) is 6.98. The second kappa shape index (κ2) is 5.88. The zero-order valence-corrected chi connectivity index (χ0v) is 12.2. The predicted octanol–water partition coefficient (Wildman–Crippen LogP) is 2.99. The molecule has 2 N–H and O–H groups in total. The lowest BCUT2D eigenvalue weighted by atomic mass is 10.2. The van der Waals surface area contributed by atoms with Crippen molar-refractivity contribution < 1.29 is 18.0 Å². The average Bonchev–Trinajstić information content (AvgIpc) is 2.91. The number of anilines is 1. The van der Waals surface area contributed by atoms with E-state index in [2.05, 4.69) is 5.32 Å². The fraction of sp³-hybridized carbons (Fsp3) is 0.125. The van der Waals surface area contributed by atoms with Gasteiger partial charge in [0, 0.05) is 17.9 Å². The van der Waals surface area contributed by atoms with Gasteiger partial charge in [0.25, 0.3) is 5.56 Å². The fourth-order valence-electron chi connectivity index (χ4n) is 2.36. The monoisotopic (exact) mass is 335 g/mol. The Labute approximate surface area is 133 Å². The number of benzene rings is 1. The van der Waals surface area contributed by atoms with E-state index in [1.54, 1.807) is 10.8 Å². The van der Waals surface area contributed by atoms with Crippen LogP contribution in [-0.4, -0.2) is 15.5 Å². The first kappa shape index (κ1) is 15.9. The number of aromatic nitrogens is 2. The van der Waals surface area contributed by atoms with Crippen LogP contribution in [-0.2, 0) is 17.5 Å². The van der Waals surface area contributed by atoms with Crippen molar-refractivity contribution in [1.29, 1.82) is 0 Å². The third-order valence-electron chi connectivity index (χ3n) is 3.50. The van der Waals surface area contributed by atoms with Crippen molar-refractivity contribution in [2.45, 2.75) is 12.7 Å². The number of rotatable bonds is 3. The number of H-pyrrole nitrogens is 1. The van der Waals surface area contributed by atoms with Crippen molar-refractivity contribution >= 4 is 22.5 Å². The molecule has 0 bridgehead atoms. The third-order valence-corrected chi connectivity index (χ3v) is 3.50. The lowest BCUT2D eigenvalue weighted by Gasteiger charge is -2.10. The summed E-state index contributed by atoms with van der Waals surface area (Å²) in [7, 11) is 0. The van der Waals surface area contributed by atoms with E-state index in [1.807, 2.05) is 35.3 Å². The van der Waals surface area contributed by atoms with Gasteiger partial charge in [0.05, 0.1) is 5.56 Å². The Morgan fingerprint density at radius 3 is 2.71 bits per heavy atom. The quantitative estimate of drug-likeness (QED) is 0.773. The number of aromatic amines is 1. The number of fused-ring (bicyclic) bond motifs is 1. The minimum Gasteiger partial charge on any atom is -0.338 e. The number of halogens is 3. The molecule has 0 radical (unpaired) electrons. The van der Waals surface area contributed by atoms with Gasteiger partial charge < -0.3 is 14.9 Å². The van der Waals surface area contributed by atoms with Crippen LogP contribution in [0.15, 0.2) is 53.6 Å². The highest BCUT2D eigenvalue weighted by Gasteiger charge is 2.31. The lowest BCUT2D eigenvalue weighted by Crippen LogP contribution is -2.24. The van der Waals surface area contributed by atoms with Crippen molar-refractivity contribution in [2.24, 2.45) is 0 Å². The summed E-state index contributed by atoms with van der Waals surface area (Å²) in [5.41, 5.74) is -1.46. The second-order valence-electron chi connectivity index (χ2n) is 5.18. The number of carbonyl (C=O) groups excluding carboxylic acids is 1.